The normalized spacial score (nSPS) is 17.6. The molecule has 0 aromatic heterocycles. The third kappa shape index (κ3) is 2.07. The van der Waals surface area contributed by atoms with Gasteiger partial charge in [0.05, 0.1) is 16.3 Å². The van der Waals surface area contributed by atoms with Crippen LogP contribution in [0.3, 0.4) is 0 Å². The molecule has 2 rings (SSSR count). The Labute approximate surface area is 101 Å². The second-order valence-corrected chi connectivity index (χ2v) is 6.21. The van der Waals surface area contributed by atoms with Gasteiger partial charge in [0.2, 0.25) is 0 Å². The number of fused-ring (bicyclic) bond motifs is 1. The van der Waals surface area contributed by atoms with Crippen LogP contribution in [0.1, 0.15) is 24.2 Å². The summed E-state index contributed by atoms with van der Waals surface area (Å²) in [7, 11) is -3.18. The highest BCUT2D eigenvalue weighted by atomic mass is 32.2. The van der Waals surface area contributed by atoms with Crippen molar-refractivity contribution in [2.75, 3.05) is 23.7 Å². The van der Waals surface area contributed by atoms with Crippen LogP contribution in [0.2, 0.25) is 0 Å². The van der Waals surface area contributed by atoms with Gasteiger partial charge in [-0.1, -0.05) is 0 Å². The lowest BCUT2D eigenvalue weighted by Crippen LogP contribution is -2.35. The SMILES string of the molecule is CCN1CCS(=O)(=O)c2ccc(C(C)=O)cc21. The molecule has 0 radical (unpaired) electrons. The zero-order valence-corrected chi connectivity index (χ0v) is 10.8. The van der Waals surface area contributed by atoms with Gasteiger partial charge in [0, 0.05) is 18.7 Å². The number of ketones is 1. The first-order chi connectivity index (χ1) is 7.95. The number of anilines is 1. The number of carbonyl (C=O) groups excluding carboxylic acids is 1. The number of benzene rings is 1. The quantitative estimate of drug-likeness (QED) is 0.750. The number of nitrogens with zero attached hydrogens (tertiary/aromatic N) is 1. The van der Waals surface area contributed by atoms with Gasteiger partial charge in [0.1, 0.15) is 0 Å². The van der Waals surface area contributed by atoms with Crippen molar-refractivity contribution in [1.82, 2.24) is 0 Å². The molecule has 0 saturated heterocycles. The van der Waals surface area contributed by atoms with E-state index in [1.165, 1.54) is 6.92 Å². The molecule has 0 fully saturated rings. The number of carbonyl (C=O) groups is 1. The molecule has 17 heavy (non-hydrogen) atoms. The van der Waals surface area contributed by atoms with Gasteiger partial charge in [-0.3, -0.25) is 4.79 Å². The summed E-state index contributed by atoms with van der Waals surface area (Å²) in [5, 5.41) is 0. The average molecular weight is 253 g/mol. The molecule has 0 spiro atoms. The van der Waals surface area contributed by atoms with Crippen LogP contribution in [0.15, 0.2) is 23.1 Å². The van der Waals surface area contributed by atoms with Crippen LogP contribution in [0.4, 0.5) is 5.69 Å². The highest BCUT2D eigenvalue weighted by molar-refractivity contribution is 7.91. The highest BCUT2D eigenvalue weighted by Gasteiger charge is 2.27. The minimum absolute atomic E-state index is 0.0492. The molecule has 1 aromatic carbocycles. The Hall–Kier alpha value is -1.36. The van der Waals surface area contributed by atoms with Gasteiger partial charge in [-0.2, -0.15) is 0 Å². The Kier molecular flexibility index (Phi) is 2.95. The standard InChI is InChI=1S/C12H15NO3S/c1-3-13-6-7-17(15,16)12-5-4-10(9(2)14)8-11(12)13/h4-5,8H,3,6-7H2,1-2H3. The summed E-state index contributed by atoms with van der Waals surface area (Å²) < 4.78 is 23.8. The zero-order chi connectivity index (χ0) is 12.6. The molecule has 0 saturated carbocycles. The lowest BCUT2D eigenvalue weighted by atomic mass is 10.1. The monoisotopic (exact) mass is 253 g/mol. The molecule has 4 nitrogen and oxygen atoms in total. The first-order valence-corrected chi connectivity index (χ1v) is 7.23. The largest absolute Gasteiger partial charge is 0.370 e. The van der Waals surface area contributed by atoms with Crippen molar-refractivity contribution in [2.45, 2.75) is 18.7 Å². The molecule has 1 aromatic rings. The summed E-state index contributed by atoms with van der Waals surface area (Å²) in [4.78, 5) is 13.7. The van der Waals surface area contributed by atoms with Crippen LogP contribution in [0.5, 0.6) is 0 Å². The maximum absolute atomic E-state index is 11.9. The van der Waals surface area contributed by atoms with Crippen molar-refractivity contribution in [1.29, 1.82) is 0 Å². The molecule has 1 aliphatic rings. The van der Waals surface area contributed by atoms with E-state index in [1.807, 2.05) is 11.8 Å². The van der Waals surface area contributed by atoms with E-state index in [1.54, 1.807) is 18.2 Å². The molecular formula is C12H15NO3S. The molecule has 0 bridgehead atoms. The van der Waals surface area contributed by atoms with E-state index in [0.717, 1.165) is 6.54 Å². The van der Waals surface area contributed by atoms with Crippen LogP contribution in [-0.2, 0) is 9.84 Å². The number of hydrogen-bond donors (Lipinski definition) is 0. The highest BCUT2D eigenvalue weighted by Crippen LogP contribution is 2.31. The fourth-order valence-electron chi connectivity index (χ4n) is 2.04. The van der Waals surface area contributed by atoms with Crippen LogP contribution in [-0.4, -0.2) is 33.0 Å². The van der Waals surface area contributed by atoms with E-state index in [-0.39, 0.29) is 11.5 Å². The molecule has 1 heterocycles. The van der Waals surface area contributed by atoms with E-state index >= 15 is 0 Å². The van der Waals surface area contributed by atoms with Crippen molar-refractivity contribution >= 4 is 21.3 Å². The van der Waals surface area contributed by atoms with E-state index in [4.69, 9.17) is 0 Å². The van der Waals surface area contributed by atoms with Crippen LogP contribution in [0, 0.1) is 0 Å². The van der Waals surface area contributed by atoms with Gasteiger partial charge in [-0.25, -0.2) is 8.42 Å². The second kappa shape index (κ2) is 4.14. The average Bonchev–Trinajstić information content (AvgIpc) is 2.28. The summed E-state index contributed by atoms with van der Waals surface area (Å²) >= 11 is 0. The van der Waals surface area contributed by atoms with E-state index in [0.29, 0.717) is 22.7 Å². The van der Waals surface area contributed by atoms with E-state index in [9.17, 15) is 13.2 Å². The molecule has 5 heteroatoms. The molecule has 92 valence electrons. The summed E-state index contributed by atoms with van der Waals surface area (Å²) in [6, 6.07) is 4.80. The topological polar surface area (TPSA) is 54.5 Å². The van der Waals surface area contributed by atoms with Crippen molar-refractivity contribution in [3.05, 3.63) is 23.8 Å². The van der Waals surface area contributed by atoms with E-state index < -0.39 is 9.84 Å². The Morgan fingerprint density at radius 3 is 2.71 bits per heavy atom. The number of rotatable bonds is 2. The Bertz CT molecular complexity index is 563. The molecule has 0 N–H and O–H groups in total. The number of hydrogen-bond acceptors (Lipinski definition) is 4. The Balaban J connectivity index is 2.63. The van der Waals surface area contributed by atoms with Gasteiger partial charge in [-0.05, 0) is 32.0 Å². The molecule has 0 amide bonds. The zero-order valence-electron chi connectivity index (χ0n) is 9.93. The van der Waals surface area contributed by atoms with E-state index in [2.05, 4.69) is 0 Å². The maximum atomic E-state index is 11.9. The molecule has 0 atom stereocenters. The number of sulfone groups is 1. The maximum Gasteiger partial charge on any atom is 0.182 e. The molecule has 1 aliphatic heterocycles. The van der Waals surface area contributed by atoms with Crippen molar-refractivity contribution in [3.8, 4) is 0 Å². The molecule has 0 unspecified atom stereocenters. The van der Waals surface area contributed by atoms with Gasteiger partial charge >= 0.3 is 0 Å². The van der Waals surface area contributed by atoms with Crippen LogP contribution >= 0.6 is 0 Å². The molecular weight excluding hydrogens is 238 g/mol. The number of Topliss-reactive ketones (excluding diaryl/α,β-unsaturated/α-hetero) is 1. The first kappa shape index (κ1) is 12.1. The van der Waals surface area contributed by atoms with Crippen molar-refractivity contribution in [2.24, 2.45) is 0 Å². The summed E-state index contributed by atoms with van der Waals surface area (Å²) in [5.41, 5.74) is 1.21. The minimum atomic E-state index is -3.18. The predicted molar refractivity (Wildman–Crippen MR) is 66.4 cm³/mol. The second-order valence-electron chi connectivity index (χ2n) is 4.14. The Morgan fingerprint density at radius 2 is 2.12 bits per heavy atom. The summed E-state index contributed by atoms with van der Waals surface area (Å²) in [5.74, 6) is 0.0969. The van der Waals surface area contributed by atoms with Crippen molar-refractivity contribution in [3.63, 3.8) is 0 Å². The van der Waals surface area contributed by atoms with Crippen LogP contribution in [0.25, 0.3) is 0 Å². The van der Waals surface area contributed by atoms with Crippen LogP contribution < -0.4 is 4.90 Å². The van der Waals surface area contributed by atoms with Gasteiger partial charge < -0.3 is 4.90 Å². The van der Waals surface area contributed by atoms with Gasteiger partial charge in [-0.15, -0.1) is 0 Å². The summed E-state index contributed by atoms with van der Waals surface area (Å²) in [6.45, 7) is 4.69. The predicted octanol–water partition coefficient (Wildman–Crippen LogP) is 1.50. The minimum Gasteiger partial charge on any atom is -0.370 e. The first-order valence-electron chi connectivity index (χ1n) is 5.58. The smallest absolute Gasteiger partial charge is 0.182 e. The van der Waals surface area contributed by atoms with Gasteiger partial charge in [0.15, 0.2) is 15.6 Å². The Morgan fingerprint density at radius 1 is 1.41 bits per heavy atom. The lowest BCUT2D eigenvalue weighted by Gasteiger charge is -2.30. The van der Waals surface area contributed by atoms with Gasteiger partial charge in [0.25, 0.3) is 0 Å². The lowest BCUT2D eigenvalue weighted by molar-refractivity contribution is 0.101. The van der Waals surface area contributed by atoms with Crippen molar-refractivity contribution < 1.29 is 13.2 Å². The summed E-state index contributed by atoms with van der Waals surface area (Å²) in [6.07, 6.45) is 0. The fourth-order valence-corrected chi connectivity index (χ4v) is 3.50. The third-order valence-electron chi connectivity index (χ3n) is 3.05. The molecule has 0 aliphatic carbocycles. The third-order valence-corrected chi connectivity index (χ3v) is 4.79. The fraction of sp³-hybridized carbons (Fsp3) is 0.417.